The van der Waals surface area contributed by atoms with Crippen LogP contribution in [0.1, 0.15) is 5.56 Å². The van der Waals surface area contributed by atoms with E-state index in [0.717, 1.165) is 17.0 Å². The third-order valence-electron chi connectivity index (χ3n) is 3.80. The molecule has 0 amide bonds. The summed E-state index contributed by atoms with van der Waals surface area (Å²) in [5, 5.41) is 13.3. The van der Waals surface area contributed by atoms with Crippen molar-refractivity contribution in [2.24, 2.45) is 4.99 Å². The molecule has 0 saturated heterocycles. The first kappa shape index (κ1) is 14.1. The largest absolute Gasteiger partial charge is 0.506 e. The molecule has 4 heteroatoms. The van der Waals surface area contributed by atoms with Crippen molar-refractivity contribution < 1.29 is 9.90 Å². The molecule has 0 radical (unpaired) electrons. The van der Waals surface area contributed by atoms with Crippen molar-refractivity contribution in [3.05, 3.63) is 71.0 Å². The van der Waals surface area contributed by atoms with Crippen LogP contribution in [0.2, 0.25) is 0 Å². The molecule has 0 heterocycles. The van der Waals surface area contributed by atoms with Gasteiger partial charge in [0.15, 0.2) is 0 Å². The zero-order chi connectivity index (χ0) is 15.7. The van der Waals surface area contributed by atoms with E-state index >= 15 is 0 Å². The van der Waals surface area contributed by atoms with Gasteiger partial charge < -0.3 is 10.4 Å². The Morgan fingerprint density at radius 2 is 1.64 bits per heavy atom. The fourth-order valence-electron chi connectivity index (χ4n) is 2.52. The van der Waals surface area contributed by atoms with Crippen LogP contribution in [0.4, 0.5) is 5.69 Å². The van der Waals surface area contributed by atoms with Crippen molar-refractivity contribution >= 4 is 22.8 Å². The summed E-state index contributed by atoms with van der Waals surface area (Å²) in [6.45, 7) is 0. The predicted molar refractivity (Wildman–Crippen MR) is 89.2 cm³/mol. The van der Waals surface area contributed by atoms with Crippen molar-refractivity contribution in [2.45, 2.75) is 0 Å². The highest BCUT2D eigenvalue weighted by Gasteiger charge is 2.36. The molecule has 0 atom stereocenters. The van der Waals surface area contributed by atoms with Crippen LogP contribution < -0.4 is 5.32 Å². The number of nitrogens with zero attached hydrogens (tertiary/aromatic N) is 1. The summed E-state index contributed by atoms with van der Waals surface area (Å²) in [7, 11) is 3.54. The lowest BCUT2D eigenvalue weighted by molar-refractivity contribution is -0.111. The van der Waals surface area contributed by atoms with Gasteiger partial charge in [0.1, 0.15) is 5.76 Å². The molecule has 110 valence electrons. The molecule has 22 heavy (non-hydrogen) atoms. The summed E-state index contributed by atoms with van der Waals surface area (Å²) in [5.41, 5.74) is 3.98. The Hall–Kier alpha value is -2.88. The van der Waals surface area contributed by atoms with Gasteiger partial charge in [-0.05, 0) is 35.4 Å². The maximum absolute atomic E-state index is 12.4. The molecule has 0 bridgehead atoms. The number of nitrogens with one attached hydrogen (secondary N) is 1. The Labute approximate surface area is 128 Å². The molecular formula is C18H16N2O2. The van der Waals surface area contributed by atoms with E-state index in [2.05, 4.69) is 10.3 Å². The SMILES string of the molecule is CN=C1C=CC(=C2C(=O)C(c3ccc(NC)cc3)=C2O)C=C1. The molecule has 0 spiro atoms. The number of carbonyl (C=O) groups is 1. The minimum absolute atomic E-state index is 0.0587. The smallest absolute Gasteiger partial charge is 0.201 e. The summed E-state index contributed by atoms with van der Waals surface area (Å²) in [4.78, 5) is 16.4. The maximum Gasteiger partial charge on any atom is 0.201 e. The molecule has 0 aromatic heterocycles. The van der Waals surface area contributed by atoms with E-state index in [4.69, 9.17) is 0 Å². The summed E-state index contributed by atoms with van der Waals surface area (Å²) < 4.78 is 0. The molecule has 0 saturated carbocycles. The van der Waals surface area contributed by atoms with Gasteiger partial charge in [-0.2, -0.15) is 0 Å². The summed E-state index contributed by atoms with van der Waals surface area (Å²) >= 11 is 0. The lowest BCUT2D eigenvalue weighted by Crippen LogP contribution is -2.22. The van der Waals surface area contributed by atoms with Gasteiger partial charge in [0.25, 0.3) is 0 Å². The van der Waals surface area contributed by atoms with Crippen LogP contribution in [0, 0.1) is 0 Å². The highest BCUT2D eigenvalue weighted by Crippen LogP contribution is 2.38. The fourth-order valence-corrected chi connectivity index (χ4v) is 2.52. The van der Waals surface area contributed by atoms with Gasteiger partial charge >= 0.3 is 0 Å². The zero-order valence-electron chi connectivity index (χ0n) is 12.4. The minimum Gasteiger partial charge on any atom is -0.506 e. The fraction of sp³-hybridized carbons (Fsp3) is 0.111. The van der Waals surface area contributed by atoms with Crippen LogP contribution in [0.15, 0.2) is 70.5 Å². The number of hydrogen-bond donors (Lipinski definition) is 2. The number of benzene rings is 1. The van der Waals surface area contributed by atoms with E-state index in [1.807, 2.05) is 43.5 Å². The second-order valence-electron chi connectivity index (χ2n) is 5.03. The number of aliphatic imine (C=N–C) groups is 1. The first-order chi connectivity index (χ1) is 10.7. The normalized spacial score (nSPS) is 17.0. The molecule has 3 rings (SSSR count). The average molecular weight is 292 g/mol. The number of anilines is 1. The lowest BCUT2D eigenvalue weighted by atomic mass is 9.80. The van der Waals surface area contributed by atoms with E-state index in [-0.39, 0.29) is 11.5 Å². The number of rotatable bonds is 2. The Bertz CT molecular complexity index is 773. The van der Waals surface area contributed by atoms with Crippen molar-refractivity contribution in [3.63, 3.8) is 0 Å². The monoisotopic (exact) mass is 292 g/mol. The highest BCUT2D eigenvalue weighted by atomic mass is 16.3. The first-order valence-electron chi connectivity index (χ1n) is 6.99. The summed E-state index contributed by atoms with van der Waals surface area (Å²) in [6.07, 6.45) is 7.24. The van der Waals surface area contributed by atoms with Crippen molar-refractivity contribution in [2.75, 3.05) is 19.4 Å². The highest BCUT2D eigenvalue weighted by molar-refractivity contribution is 6.39. The number of aliphatic hydroxyl groups is 1. The molecule has 2 aliphatic rings. The molecule has 2 N–H and O–H groups in total. The van der Waals surface area contributed by atoms with E-state index in [9.17, 15) is 9.90 Å². The maximum atomic E-state index is 12.4. The van der Waals surface area contributed by atoms with E-state index < -0.39 is 0 Å². The number of hydrogen-bond acceptors (Lipinski definition) is 4. The lowest BCUT2D eigenvalue weighted by Gasteiger charge is -2.23. The van der Waals surface area contributed by atoms with Gasteiger partial charge in [-0.15, -0.1) is 0 Å². The second-order valence-corrected chi connectivity index (χ2v) is 5.03. The van der Waals surface area contributed by atoms with Gasteiger partial charge in [0.05, 0.1) is 16.9 Å². The summed E-state index contributed by atoms with van der Waals surface area (Å²) in [6, 6.07) is 7.40. The van der Waals surface area contributed by atoms with Crippen LogP contribution in [0.25, 0.3) is 5.57 Å². The molecule has 0 fully saturated rings. The van der Waals surface area contributed by atoms with Gasteiger partial charge in [-0.3, -0.25) is 9.79 Å². The Balaban J connectivity index is 1.98. The van der Waals surface area contributed by atoms with Crippen molar-refractivity contribution in [3.8, 4) is 0 Å². The van der Waals surface area contributed by atoms with Crippen LogP contribution in [-0.4, -0.2) is 30.7 Å². The van der Waals surface area contributed by atoms with E-state index in [0.29, 0.717) is 16.7 Å². The predicted octanol–water partition coefficient (Wildman–Crippen LogP) is 3.07. The number of aliphatic hydroxyl groups excluding tert-OH is 1. The standard InChI is InChI=1S/C18H16N2O2/c1-19-13-7-3-11(4-8-13)15-17(21)16(18(15)22)12-5-9-14(20-2)10-6-12/h3-10,19,21H,1-2H3. The third kappa shape index (κ3) is 2.19. The number of allylic oxidation sites excluding steroid dienone is 7. The topological polar surface area (TPSA) is 61.7 Å². The third-order valence-corrected chi connectivity index (χ3v) is 3.80. The molecule has 4 nitrogen and oxygen atoms in total. The summed E-state index contributed by atoms with van der Waals surface area (Å²) in [5.74, 6) is -0.0701. The minimum atomic E-state index is -0.129. The van der Waals surface area contributed by atoms with Gasteiger partial charge in [-0.1, -0.05) is 24.3 Å². The molecule has 0 unspecified atom stereocenters. The Morgan fingerprint density at radius 3 is 2.14 bits per heavy atom. The van der Waals surface area contributed by atoms with Gasteiger partial charge in [0, 0.05) is 19.8 Å². The molecule has 0 aliphatic heterocycles. The molecule has 2 aliphatic carbocycles. The van der Waals surface area contributed by atoms with Crippen LogP contribution in [0.5, 0.6) is 0 Å². The van der Waals surface area contributed by atoms with Crippen LogP contribution >= 0.6 is 0 Å². The van der Waals surface area contributed by atoms with E-state index in [1.165, 1.54) is 0 Å². The molecule has 1 aromatic rings. The first-order valence-corrected chi connectivity index (χ1v) is 6.99. The molecular weight excluding hydrogens is 276 g/mol. The van der Waals surface area contributed by atoms with Crippen LogP contribution in [0.3, 0.4) is 0 Å². The van der Waals surface area contributed by atoms with Crippen molar-refractivity contribution in [1.82, 2.24) is 0 Å². The molecule has 1 aromatic carbocycles. The Morgan fingerprint density at radius 1 is 1.00 bits per heavy atom. The Kier molecular flexibility index (Phi) is 3.51. The number of carbonyl (C=O) groups excluding carboxylic acids is 1. The van der Waals surface area contributed by atoms with Gasteiger partial charge in [-0.25, -0.2) is 0 Å². The second kappa shape index (κ2) is 5.48. The number of ketones is 1. The van der Waals surface area contributed by atoms with Gasteiger partial charge in [0.2, 0.25) is 5.78 Å². The van der Waals surface area contributed by atoms with E-state index in [1.54, 1.807) is 19.2 Å². The number of Topliss-reactive ketones (excluding diaryl/α,β-unsaturated/α-hetero) is 1. The van der Waals surface area contributed by atoms with Crippen LogP contribution in [-0.2, 0) is 4.79 Å². The zero-order valence-corrected chi connectivity index (χ0v) is 12.4. The average Bonchev–Trinajstić information content (AvgIpc) is 2.56. The van der Waals surface area contributed by atoms with Crippen molar-refractivity contribution in [1.29, 1.82) is 0 Å². The quantitative estimate of drug-likeness (QED) is 0.823.